The van der Waals surface area contributed by atoms with Crippen LogP contribution in [0.15, 0.2) is 122 Å². The summed E-state index contributed by atoms with van der Waals surface area (Å²) in [6.45, 7) is 8.00. The van der Waals surface area contributed by atoms with E-state index in [-0.39, 0.29) is 43.3 Å². The molecule has 1 saturated heterocycles. The van der Waals surface area contributed by atoms with Crippen LogP contribution in [0.25, 0.3) is 11.2 Å². The summed E-state index contributed by atoms with van der Waals surface area (Å²) >= 11 is 0. The summed E-state index contributed by atoms with van der Waals surface area (Å²) < 4.78 is 61.2. The summed E-state index contributed by atoms with van der Waals surface area (Å²) in [7, 11) is 3.03. The third kappa shape index (κ3) is 9.63. The Hall–Kier alpha value is -5.85. The van der Waals surface area contributed by atoms with Gasteiger partial charge in [-0.05, 0) is 80.8 Å². The number of nitrogens with one attached hydrogen (secondary N) is 1. The average Bonchev–Trinajstić information content (AvgIpc) is 3.88. The van der Waals surface area contributed by atoms with Crippen molar-refractivity contribution in [2.45, 2.75) is 76.4 Å². The smallest absolute Gasteiger partial charge is 0.311 e. The van der Waals surface area contributed by atoms with E-state index >= 15 is 4.39 Å². The number of anilines is 1. The van der Waals surface area contributed by atoms with E-state index in [2.05, 4.69) is 21.4 Å². The number of rotatable bonds is 19. The lowest BCUT2D eigenvalue weighted by atomic mass is 9.80. The van der Waals surface area contributed by atoms with Crippen LogP contribution in [-0.4, -0.2) is 83.0 Å². The van der Waals surface area contributed by atoms with E-state index in [1.807, 2.05) is 117 Å². The topological polar surface area (TPSA) is 146 Å². The van der Waals surface area contributed by atoms with Crippen molar-refractivity contribution in [2.24, 2.45) is 7.05 Å². The average molecular weight is 891 g/mol. The molecule has 1 N–H and O–H groups in total. The number of hydrogen-bond acceptors (Lipinski definition) is 11. The lowest BCUT2D eigenvalue weighted by molar-refractivity contribution is -0.658. The number of fused-ring (bicyclic) bond motifs is 1. The number of benzene rings is 4. The summed E-state index contributed by atoms with van der Waals surface area (Å²) in [6, 6.07) is 35.9. The molecule has 6 aromatic rings. The molecule has 0 radical (unpaired) electrons. The van der Waals surface area contributed by atoms with Gasteiger partial charge >= 0.3 is 5.91 Å². The Kier molecular flexibility index (Phi) is 15.0. The first kappa shape index (κ1) is 46.2. The van der Waals surface area contributed by atoms with E-state index in [4.69, 9.17) is 28.0 Å². The van der Waals surface area contributed by atoms with Gasteiger partial charge in [0.2, 0.25) is 12.0 Å². The van der Waals surface area contributed by atoms with Crippen molar-refractivity contribution >= 4 is 31.4 Å². The van der Waals surface area contributed by atoms with E-state index in [0.717, 1.165) is 16.7 Å². The third-order valence-corrected chi connectivity index (χ3v) is 13.1. The lowest BCUT2D eigenvalue weighted by Crippen LogP contribution is -2.41. The van der Waals surface area contributed by atoms with Crippen molar-refractivity contribution in [3.05, 3.63) is 144 Å². The number of nitrogens with zero attached hydrogens (tertiary/aromatic N) is 6. The van der Waals surface area contributed by atoms with E-state index < -0.39 is 38.7 Å². The van der Waals surface area contributed by atoms with Crippen LogP contribution in [0, 0.1) is 11.3 Å². The Labute approximate surface area is 374 Å². The molecule has 1 aliphatic rings. The molecule has 14 nitrogen and oxygen atoms in total. The molecule has 334 valence electrons. The molecule has 2 aromatic heterocycles. The van der Waals surface area contributed by atoms with Gasteiger partial charge in [-0.2, -0.15) is 5.26 Å². The molecule has 1 fully saturated rings. The summed E-state index contributed by atoms with van der Waals surface area (Å²) in [5, 5.41) is 12.4. The van der Waals surface area contributed by atoms with Crippen molar-refractivity contribution in [1.29, 1.82) is 5.26 Å². The van der Waals surface area contributed by atoms with Crippen LogP contribution in [0.4, 0.5) is 10.2 Å². The highest BCUT2D eigenvalue weighted by Gasteiger charge is 2.52. The van der Waals surface area contributed by atoms with Gasteiger partial charge in [0, 0.05) is 12.1 Å². The van der Waals surface area contributed by atoms with Crippen molar-refractivity contribution in [1.82, 2.24) is 19.2 Å². The molecule has 4 aromatic carbocycles. The second-order valence-corrected chi connectivity index (χ2v) is 17.2. The maximum atomic E-state index is 17.8. The maximum Gasteiger partial charge on any atom is 0.311 e. The Morgan fingerprint density at radius 3 is 2.05 bits per heavy atom. The van der Waals surface area contributed by atoms with Gasteiger partial charge in [0.1, 0.15) is 35.6 Å². The highest BCUT2D eigenvalue weighted by atomic mass is 31.2. The zero-order valence-corrected chi connectivity index (χ0v) is 37.9. The molecule has 7 rings (SSSR count). The number of carbonyl (C=O) groups is 1. The monoisotopic (exact) mass is 890 g/mol. The molecule has 0 aliphatic carbocycles. The standard InChI is InChI=1S/C48H53FN7O7P/c1-32(2)56(33(3)4)64(61-28-14-27-50)63-43-40(62-47(41(43)49)55-31-51-42-44(55)52-30-54(5)45(42)53-46(57)34-15-10-8-11-16-34)29-60-48(35-17-12-9-13-18-35,36-19-23-38(58-6)24-20-36)37-21-25-39(59-7)26-22-37/h8-13,15-26,30-33,40-41,43,47H,14,28-29H2,1-7H3/p+1/t40-,41-,43-,47-,64?/m1/s1. The molecule has 0 bridgehead atoms. The summed E-state index contributed by atoms with van der Waals surface area (Å²) in [6.07, 6.45) is -2.26. The number of imidazole rings is 1. The quantitative estimate of drug-likeness (QED) is 0.0362. The number of amides is 1. The van der Waals surface area contributed by atoms with Crippen molar-refractivity contribution in [3.8, 4) is 17.6 Å². The van der Waals surface area contributed by atoms with Crippen LogP contribution in [0.1, 0.15) is 67.4 Å². The Bertz CT molecular complexity index is 2450. The Balaban J connectivity index is 1.32. The van der Waals surface area contributed by atoms with Gasteiger partial charge in [0.15, 0.2) is 17.9 Å². The molecule has 5 atom stereocenters. The fraction of sp³-hybridized carbons (Fsp3) is 0.354. The molecule has 16 heteroatoms. The maximum absolute atomic E-state index is 17.8. The van der Waals surface area contributed by atoms with Crippen LogP contribution < -0.4 is 19.4 Å². The van der Waals surface area contributed by atoms with Crippen molar-refractivity contribution in [2.75, 3.05) is 32.8 Å². The second kappa shape index (κ2) is 20.8. The number of aromatic nitrogens is 4. The van der Waals surface area contributed by atoms with Crippen LogP contribution in [0.2, 0.25) is 0 Å². The molecular weight excluding hydrogens is 837 g/mol. The minimum absolute atomic E-state index is 0.0537. The number of carbonyl (C=O) groups excluding carboxylic acids is 1. The third-order valence-electron chi connectivity index (χ3n) is 11.0. The summed E-state index contributed by atoms with van der Waals surface area (Å²) in [5.41, 5.74) is 2.19. The van der Waals surface area contributed by atoms with Gasteiger partial charge in [0.25, 0.3) is 14.3 Å². The number of hydrogen-bond donors (Lipinski definition) is 1. The van der Waals surface area contributed by atoms with Gasteiger partial charge < -0.3 is 28.0 Å². The van der Waals surface area contributed by atoms with Gasteiger partial charge in [-0.1, -0.05) is 77.8 Å². The fourth-order valence-corrected chi connectivity index (χ4v) is 9.74. The normalized spacial score (nSPS) is 18.1. The van der Waals surface area contributed by atoms with Crippen LogP contribution in [-0.2, 0) is 31.2 Å². The molecule has 1 unspecified atom stereocenters. The molecular formula is C48H54FN7O7P+. The number of alkyl halides is 1. The van der Waals surface area contributed by atoms with E-state index in [1.165, 1.54) is 17.2 Å². The van der Waals surface area contributed by atoms with Gasteiger partial charge in [0.05, 0.1) is 52.5 Å². The molecule has 0 saturated carbocycles. The highest BCUT2D eigenvalue weighted by Crippen LogP contribution is 2.51. The Morgan fingerprint density at radius 2 is 1.48 bits per heavy atom. The Morgan fingerprint density at radius 1 is 0.906 bits per heavy atom. The molecule has 3 heterocycles. The number of ether oxygens (including phenoxy) is 4. The molecule has 0 spiro atoms. The minimum Gasteiger partial charge on any atom is -0.497 e. The SMILES string of the molecule is COc1ccc(C(OC[C@H]2O[C@@H](n3cnc4c(NC(=O)c5ccccc5)[n+](C)cnc43)[C@H](F)[C@@H]2OP(OCCC#N)N(C(C)C)C(C)C)(c2ccccc2)c2ccc(OC)cc2)cc1. The minimum atomic E-state index is -1.93. The molecule has 1 aliphatic heterocycles. The highest BCUT2D eigenvalue weighted by molar-refractivity contribution is 7.44. The predicted molar refractivity (Wildman–Crippen MR) is 240 cm³/mol. The summed E-state index contributed by atoms with van der Waals surface area (Å²) in [5.74, 6) is 1.35. The van der Waals surface area contributed by atoms with E-state index in [9.17, 15) is 10.1 Å². The second-order valence-electron chi connectivity index (χ2n) is 15.8. The molecule has 1 amide bonds. The number of aryl methyl sites for hydroxylation is 1. The lowest BCUT2D eigenvalue weighted by Gasteiger charge is -2.39. The predicted octanol–water partition coefficient (Wildman–Crippen LogP) is 8.43. The fourth-order valence-electron chi connectivity index (χ4n) is 7.98. The zero-order valence-electron chi connectivity index (χ0n) is 37.0. The van der Waals surface area contributed by atoms with E-state index in [1.54, 1.807) is 50.1 Å². The first-order chi connectivity index (χ1) is 31.0. The number of halogens is 1. The van der Waals surface area contributed by atoms with Crippen LogP contribution in [0.5, 0.6) is 11.5 Å². The zero-order chi connectivity index (χ0) is 45.4. The van der Waals surface area contributed by atoms with Crippen LogP contribution in [0.3, 0.4) is 0 Å². The number of methoxy groups -OCH3 is 2. The number of nitriles is 1. The summed E-state index contributed by atoms with van der Waals surface area (Å²) in [4.78, 5) is 22.6. The van der Waals surface area contributed by atoms with Gasteiger partial charge in [-0.25, -0.2) is 23.9 Å². The van der Waals surface area contributed by atoms with Gasteiger partial charge in [-0.15, -0.1) is 0 Å². The first-order valence-electron chi connectivity index (χ1n) is 21.1. The van der Waals surface area contributed by atoms with Crippen molar-refractivity contribution in [3.63, 3.8) is 0 Å². The van der Waals surface area contributed by atoms with Crippen molar-refractivity contribution < 1.29 is 41.7 Å². The molecule has 64 heavy (non-hydrogen) atoms. The first-order valence-corrected chi connectivity index (χ1v) is 22.2. The largest absolute Gasteiger partial charge is 0.497 e. The van der Waals surface area contributed by atoms with Gasteiger partial charge in [-0.3, -0.25) is 9.36 Å². The van der Waals surface area contributed by atoms with Crippen LogP contribution >= 0.6 is 8.53 Å². The van der Waals surface area contributed by atoms with E-state index in [0.29, 0.717) is 28.4 Å².